The van der Waals surface area contributed by atoms with Crippen LogP contribution in [0.1, 0.15) is 106 Å². The molecule has 1 aromatic heterocycles. The summed E-state index contributed by atoms with van der Waals surface area (Å²) in [6.45, 7) is 5.98. The maximum atomic E-state index is 15.0. The van der Waals surface area contributed by atoms with Gasteiger partial charge >= 0.3 is 0 Å². The number of ketones is 1. The van der Waals surface area contributed by atoms with E-state index >= 15 is 4.39 Å². The van der Waals surface area contributed by atoms with Crippen LogP contribution in [0.3, 0.4) is 0 Å². The van der Waals surface area contributed by atoms with Gasteiger partial charge in [-0.2, -0.15) is 0 Å². The molecule has 1 aromatic carbocycles. The molecule has 1 amide bonds. The highest BCUT2D eigenvalue weighted by atomic mass is 19.3. The monoisotopic (exact) mass is 554 g/mol. The normalized spacial score (nSPS) is 28.8. The topological polar surface area (TPSA) is 75.2 Å². The predicted molar refractivity (Wildman–Crippen MR) is 144 cm³/mol. The minimum absolute atomic E-state index is 0.0159. The quantitative estimate of drug-likeness (QED) is 0.418. The van der Waals surface area contributed by atoms with Crippen LogP contribution in [0.4, 0.5) is 19.0 Å². The van der Waals surface area contributed by atoms with Gasteiger partial charge in [-0.25, -0.2) is 23.1 Å². The van der Waals surface area contributed by atoms with E-state index in [0.29, 0.717) is 49.2 Å². The molecule has 3 fully saturated rings. The van der Waals surface area contributed by atoms with Crippen LogP contribution in [-0.4, -0.2) is 32.6 Å². The van der Waals surface area contributed by atoms with E-state index in [0.717, 1.165) is 49.4 Å². The summed E-state index contributed by atoms with van der Waals surface area (Å²) < 4.78 is 41.8. The molecule has 0 saturated heterocycles. The molecule has 5 atom stereocenters. The van der Waals surface area contributed by atoms with Gasteiger partial charge in [0.25, 0.3) is 6.43 Å². The van der Waals surface area contributed by atoms with E-state index in [4.69, 9.17) is 4.98 Å². The van der Waals surface area contributed by atoms with Crippen molar-refractivity contribution >= 4 is 17.5 Å². The standard InChI is InChI=1S/C31H37F3N4O2/c1-16-11-12-31(14-16)27-24(15-38(30(31)40)21-10-9-20(13-21)26(39)19-7-8-19)29(37-18(3)36-27)35-17(2)22-5-4-6-23(25(22)32)28(33)34/h4-6,16-17,19-21,28H,7-15H2,1-3H3,(H,35,36,37)/t16?,17-,20?,21-,31?/m1/s1. The Labute approximate surface area is 233 Å². The fourth-order valence-electron chi connectivity index (χ4n) is 7.43. The summed E-state index contributed by atoms with van der Waals surface area (Å²) in [7, 11) is 0. The van der Waals surface area contributed by atoms with Crippen LogP contribution >= 0.6 is 0 Å². The summed E-state index contributed by atoms with van der Waals surface area (Å²) in [5, 5.41) is 3.30. The third-order valence-corrected chi connectivity index (χ3v) is 9.67. The molecular weight excluding hydrogens is 517 g/mol. The number of fused-ring (bicyclic) bond motifs is 2. The summed E-state index contributed by atoms with van der Waals surface area (Å²) in [6, 6.07) is 3.38. The van der Waals surface area contributed by atoms with Crippen molar-refractivity contribution in [1.82, 2.24) is 14.9 Å². The van der Waals surface area contributed by atoms with Crippen molar-refractivity contribution in [3.05, 3.63) is 52.2 Å². The molecule has 6 nitrogen and oxygen atoms in total. The van der Waals surface area contributed by atoms with Crippen LogP contribution in [0.5, 0.6) is 0 Å². The van der Waals surface area contributed by atoms with Crippen molar-refractivity contribution in [3.8, 4) is 0 Å². The Hall–Kier alpha value is -2.97. The van der Waals surface area contributed by atoms with Crippen molar-refractivity contribution in [2.75, 3.05) is 5.32 Å². The highest BCUT2D eigenvalue weighted by molar-refractivity contribution is 5.91. The Bertz CT molecular complexity index is 1350. The van der Waals surface area contributed by atoms with Crippen LogP contribution in [-0.2, 0) is 21.5 Å². The number of amides is 1. The first-order valence-electron chi connectivity index (χ1n) is 14.6. The molecule has 3 aliphatic carbocycles. The predicted octanol–water partition coefficient (Wildman–Crippen LogP) is 6.58. The van der Waals surface area contributed by atoms with Gasteiger partial charge in [0.05, 0.1) is 29.3 Å². The van der Waals surface area contributed by atoms with Gasteiger partial charge in [-0.3, -0.25) is 9.59 Å². The molecule has 6 rings (SSSR count). The number of alkyl halides is 2. The van der Waals surface area contributed by atoms with Crippen molar-refractivity contribution in [2.24, 2.45) is 17.8 Å². The number of hydrogen-bond donors (Lipinski definition) is 1. The first-order chi connectivity index (χ1) is 19.1. The van der Waals surface area contributed by atoms with E-state index in [1.165, 1.54) is 12.1 Å². The molecule has 1 spiro atoms. The molecule has 9 heteroatoms. The number of carbonyl (C=O) groups is 2. The van der Waals surface area contributed by atoms with Crippen LogP contribution in [0.15, 0.2) is 18.2 Å². The van der Waals surface area contributed by atoms with Crippen LogP contribution < -0.4 is 5.32 Å². The molecule has 1 aliphatic heterocycles. The lowest BCUT2D eigenvalue weighted by molar-refractivity contribution is -0.142. The Kier molecular flexibility index (Phi) is 6.90. The summed E-state index contributed by atoms with van der Waals surface area (Å²) in [5.74, 6) is 1.14. The van der Waals surface area contributed by atoms with Gasteiger partial charge in [-0.15, -0.1) is 0 Å². The van der Waals surface area contributed by atoms with Crippen LogP contribution in [0, 0.1) is 30.5 Å². The molecule has 40 heavy (non-hydrogen) atoms. The van der Waals surface area contributed by atoms with Gasteiger partial charge in [0, 0.05) is 29.0 Å². The smallest absolute Gasteiger partial charge is 0.266 e. The fourth-order valence-corrected chi connectivity index (χ4v) is 7.43. The number of nitrogens with zero attached hydrogens (tertiary/aromatic N) is 3. The van der Waals surface area contributed by atoms with Crippen LogP contribution in [0.25, 0.3) is 0 Å². The second-order valence-electron chi connectivity index (χ2n) is 12.6. The second-order valence-corrected chi connectivity index (χ2v) is 12.6. The molecule has 3 unspecified atom stereocenters. The average molecular weight is 555 g/mol. The number of hydrogen-bond acceptors (Lipinski definition) is 5. The molecule has 2 heterocycles. The van der Waals surface area contributed by atoms with Gasteiger partial charge in [-0.1, -0.05) is 25.1 Å². The first kappa shape index (κ1) is 27.2. The Morgan fingerprint density at radius 2 is 1.82 bits per heavy atom. The first-order valence-corrected chi connectivity index (χ1v) is 14.6. The highest BCUT2D eigenvalue weighted by Gasteiger charge is 2.55. The number of nitrogens with one attached hydrogen (secondary N) is 1. The SMILES string of the molecule is Cc1nc(N[C@H](C)c2cccc(C(F)F)c2F)c2c(n1)C1(CCC(C)C1)C(=O)N([C@@H]1CCC(C(=O)C3CC3)C1)C2. The van der Waals surface area contributed by atoms with Gasteiger partial charge in [0.2, 0.25) is 5.91 Å². The Morgan fingerprint density at radius 1 is 1.10 bits per heavy atom. The van der Waals surface area contributed by atoms with Crippen molar-refractivity contribution < 1.29 is 22.8 Å². The third kappa shape index (κ3) is 4.59. The van der Waals surface area contributed by atoms with E-state index in [1.807, 2.05) is 4.90 Å². The summed E-state index contributed by atoms with van der Waals surface area (Å²) in [5.41, 5.74) is 0.311. The molecule has 0 bridgehead atoms. The van der Waals surface area contributed by atoms with Gasteiger partial charge in [0.1, 0.15) is 23.2 Å². The van der Waals surface area contributed by atoms with Crippen molar-refractivity contribution in [3.63, 3.8) is 0 Å². The number of benzene rings is 1. The number of halogens is 3. The number of anilines is 1. The average Bonchev–Trinajstić information content (AvgIpc) is 3.52. The number of Topliss-reactive ketones (excluding diaryl/α,β-unsaturated/α-hetero) is 1. The molecule has 1 N–H and O–H groups in total. The van der Waals surface area contributed by atoms with Crippen molar-refractivity contribution in [1.29, 1.82) is 0 Å². The molecule has 0 radical (unpaired) electrons. The molecule has 3 saturated carbocycles. The maximum Gasteiger partial charge on any atom is 0.266 e. The number of aromatic nitrogens is 2. The summed E-state index contributed by atoms with van der Waals surface area (Å²) in [6.07, 6.45) is 3.68. The van der Waals surface area contributed by atoms with Gasteiger partial charge < -0.3 is 10.2 Å². The summed E-state index contributed by atoms with van der Waals surface area (Å²) in [4.78, 5) is 38.7. The lowest BCUT2D eigenvalue weighted by Gasteiger charge is -2.43. The van der Waals surface area contributed by atoms with Crippen molar-refractivity contribution in [2.45, 2.75) is 103 Å². The van der Waals surface area contributed by atoms with Gasteiger partial charge in [0.15, 0.2) is 0 Å². The zero-order valence-electron chi connectivity index (χ0n) is 23.4. The summed E-state index contributed by atoms with van der Waals surface area (Å²) >= 11 is 0. The minimum atomic E-state index is -2.91. The molecule has 214 valence electrons. The third-order valence-electron chi connectivity index (χ3n) is 9.67. The molecule has 2 aromatic rings. The van der Waals surface area contributed by atoms with E-state index in [-0.39, 0.29) is 29.3 Å². The lowest BCUT2D eigenvalue weighted by atomic mass is 9.75. The zero-order chi connectivity index (χ0) is 28.3. The van der Waals surface area contributed by atoms with E-state index in [2.05, 4.69) is 17.2 Å². The number of carbonyl (C=O) groups excluding carboxylic acids is 2. The number of rotatable bonds is 7. The van der Waals surface area contributed by atoms with Gasteiger partial charge in [-0.05, 0) is 71.1 Å². The lowest BCUT2D eigenvalue weighted by Crippen LogP contribution is -2.54. The second kappa shape index (κ2) is 10.1. The van der Waals surface area contributed by atoms with E-state index < -0.39 is 29.3 Å². The van der Waals surface area contributed by atoms with E-state index in [9.17, 15) is 18.4 Å². The molecule has 4 aliphatic rings. The highest BCUT2D eigenvalue weighted by Crippen LogP contribution is 2.51. The fraction of sp³-hybridized carbons (Fsp3) is 0.613. The maximum absolute atomic E-state index is 15.0. The van der Waals surface area contributed by atoms with Crippen LogP contribution in [0.2, 0.25) is 0 Å². The Balaban J connectivity index is 1.36. The molecular formula is C31H37F3N4O2. The van der Waals surface area contributed by atoms with E-state index in [1.54, 1.807) is 13.8 Å². The zero-order valence-corrected chi connectivity index (χ0v) is 23.4. The Morgan fingerprint density at radius 3 is 2.50 bits per heavy atom. The number of aryl methyl sites for hydroxylation is 1. The largest absolute Gasteiger partial charge is 0.363 e. The minimum Gasteiger partial charge on any atom is -0.363 e.